The number of benzene rings is 2. The van der Waals surface area contributed by atoms with Gasteiger partial charge in [0, 0.05) is 31.2 Å². The zero-order chi connectivity index (χ0) is 22.2. The zero-order valence-corrected chi connectivity index (χ0v) is 16.3. The van der Waals surface area contributed by atoms with Crippen molar-refractivity contribution in [1.82, 2.24) is 20.2 Å². The van der Waals surface area contributed by atoms with Gasteiger partial charge in [-0.3, -0.25) is 19.3 Å². The predicted octanol–water partition coefficient (Wildman–Crippen LogP) is 2.24. The number of amides is 1. The van der Waals surface area contributed by atoms with Crippen LogP contribution >= 0.6 is 0 Å². The first-order valence-corrected chi connectivity index (χ1v) is 9.65. The fourth-order valence-corrected chi connectivity index (χ4v) is 3.68. The first kappa shape index (κ1) is 20.9. The molecule has 2 heterocycles. The molecule has 1 aliphatic heterocycles. The van der Waals surface area contributed by atoms with Crippen LogP contribution in [-0.2, 0) is 12.7 Å². The number of halogens is 3. The van der Waals surface area contributed by atoms with Crippen LogP contribution in [-0.4, -0.2) is 39.9 Å². The minimum absolute atomic E-state index is 0.104. The highest BCUT2D eigenvalue weighted by Gasteiger charge is 2.30. The van der Waals surface area contributed by atoms with Crippen molar-refractivity contribution < 1.29 is 18.0 Å². The Kier molecular flexibility index (Phi) is 5.40. The topological polar surface area (TPSA) is 98.1 Å². The van der Waals surface area contributed by atoms with E-state index in [1.54, 1.807) is 12.1 Å². The van der Waals surface area contributed by atoms with Gasteiger partial charge in [0.2, 0.25) is 0 Å². The van der Waals surface area contributed by atoms with Gasteiger partial charge in [0.05, 0.1) is 16.6 Å². The summed E-state index contributed by atoms with van der Waals surface area (Å²) >= 11 is 0. The lowest BCUT2D eigenvalue weighted by molar-refractivity contribution is -0.137. The Balaban J connectivity index is 1.37. The number of carbonyl (C=O) groups excluding carboxylic acids is 1. The second-order valence-corrected chi connectivity index (χ2v) is 7.56. The summed E-state index contributed by atoms with van der Waals surface area (Å²) in [7, 11) is 0. The summed E-state index contributed by atoms with van der Waals surface area (Å²) in [5.41, 5.74) is -0.339. The predicted molar refractivity (Wildman–Crippen MR) is 108 cm³/mol. The van der Waals surface area contributed by atoms with Gasteiger partial charge in [0.15, 0.2) is 0 Å². The molecule has 0 aliphatic carbocycles. The van der Waals surface area contributed by atoms with Crippen LogP contribution < -0.4 is 16.4 Å². The molecule has 10 heteroatoms. The highest BCUT2D eigenvalue weighted by atomic mass is 19.4. The standard InChI is InChI=1S/C21H19F3N4O3/c22-21(23,24)14-4-1-12(2-5-14)10-28-8-7-15(11-28)25-18(29)13-3-6-16-17(9-13)27-20(31)19(30)26-16/h1-6,9,15H,7-8,10-11H2,(H,25,29)(H,26,30)(H,27,31). The molecule has 1 saturated heterocycles. The van der Waals surface area contributed by atoms with E-state index >= 15 is 0 Å². The van der Waals surface area contributed by atoms with Gasteiger partial charge >= 0.3 is 17.3 Å². The molecule has 4 rings (SSSR count). The molecular weight excluding hydrogens is 413 g/mol. The molecular formula is C21H19F3N4O3. The molecule has 2 aromatic carbocycles. The monoisotopic (exact) mass is 432 g/mol. The zero-order valence-electron chi connectivity index (χ0n) is 16.3. The molecule has 1 unspecified atom stereocenters. The Morgan fingerprint density at radius 1 is 1.03 bits per heavy atom. The SMILES string of the molecule is O=C(NC1CCN(Cc2ccc(C(F)(F)F)cc2)C1)c1ccc2[nH]c(=O)c(=O)[nH]c2c1. The van der Waals surface area contributed by atoms with Gasteiger partial charge in [-0.1, -0.05) is 12.1 Å². The third-order valence-electron chi connectivity index (χ3n) is 5.28. The van der Waals surface area contributed by atoms with Crippen LogP contribution in [0.1, 0.15) is 27.9 Å². The van der Waals surface area contributed by atoms with Gasteiger partial charge in [0.1, 0.15) is 0 Å². The molecule has 0 spiro atoms. The summed E-state index contributed by atoms with van der Waals surface area (Å²) in [6.07, 6.45) is -3.64. The number of likely N-dealkylation sites (tertiary alicyclic amines) is 1. The maximum Gasteiger partial charge on any atom is 0.416 e. The number of carbonyl (C=O) groups is 1. The Labute approximate surface area is 173 Å². The molecule has 1 fully saturated rings. The fraction of sp³-hybridized carbons (Fsp3) is 0.286. The van der Waals surface area contributed by atoms with Gasteiger partial charge in [-0.05, 0) is 42.3 Å². The third-order valence-corrected chi connectivity index (χ3v) is 5.28. The van der Waals surface area contributed by atoms with Crippen LogP contribution in [0.5, 0.6) is 0 Å². The lowest BCUT2D eigenvalue weighted by Crippen LogP contribution is -2.37. The molecule has 3 N–H and O–H groups in total. The van der Waals surface area contributed by atoms with Gasteiger partial charge in [-0.2, -0.15) is 13.2 Å². The van der Waals surface area contributed by atoms with E-state index in [1.807, 2.05) is 0 Å². The number of alkyl halides is 3. The maximum absolute atomic E-state index is 12.7. The number of nitrogens with one attached hydrogen (secondary N) is 3. The molecule has 1 aromatic heterocycles. The van der Waals surface area contributed by atoms with Gasteiger partial charge in [-0.15, -0.1) is 0 Å². The normalized spacial score (nSPS) is 17.2. The molecule has 1 aliphatic rings. The number of nitrogens with zero attached hydrogens (tertiary/aromatic N) is 1. The Hall–Kier alpha value is -3.40. The quantitative estimate of drug-likeness (QED) is 0.551. The number of H-pyrrole nitrogens is 2. The second-order valence-electron chi connectivity index (χ2n) is 7.56. The average molecular weight is 432 g/mol. The van der Waals surface area contributed by atoms with Crippen LogP contribution in [0.25, 0.3) is 11.0 Å². The number of hydrogen-bond donors (Lipinski definition) is 3. The molecule has 0 radical (unpaired) electrons. The van der Waals surface area contributed by atoms with Crippen LogP contribution in [0.2, 0.25) is 0 Å². The third kappa shape index (κ3) is 4.69. The molecule has 3 aromatic rings. The van der Waals surface area contributed by atoms with E-state index in [4.69, 9.17) is 0 Å². The minimum Gasteiger partial charge on any atom is -0.348 e. The van der Waals surface area contributed by atoms with Crippen LogP contribution in [0, 0.1) is 0 Å². The van der Waals surface area contributed by atoms with E-state index in [0.717, 1.165) is 17.7 Å². The first-order chi connectivity index (χ1) is 14.7. The molecule has 31 heavy (non-hydrogen) atoms. The summed E-state index contributed by atoms with van der Waals surface area (Å²) in [5, 5.41) is 2.94. The number of fused-ring (bicyclic) bond motifs is 1. The molecule has 1 atom stereocenters. The summed E-state index contributed by atoms with van der Waals surface area (Å²) < 4.78 is 38.0. The number of aromatic amines is 2. The molecule has 162 valence electrons. The van der Waals surface area contributed by atoms with E-state index in [2.05, 4.69) is 20.2 Å². The molecule has 0 saturated carbocycles. The van der Waals surface area contributed by atoms with Crippen molar-refractivity contribution in [3.8, 4) is 0 Å². The van der Waals surface area contributed by atoms with Gasteiger partial charge in [0.25, 0.3) is 5.91 Å². The lowest BCUT2D eigenvalue weighted by Gasteiger charge is -2.17. The molecule has 1 amide bonds. The summed E-state index contributed by atoms with van der Waals surface area (Å²) in [5.74, 6) is -0.310. The Bertz CT molecular complexity index is 1230. The van der Waals surface area contributed by atoms with Crippen molar-refractivity contribution in [2.45, 2.75) is 25.2 Å². The highest BCUT2D eigenvalue weighted by molar-refractivity contribution is 5.97. The van der Waals surface area contributed by atoms with E-state index < -0.39 is 22.9 Å². The largest absolute Gasteiger partial charge is 0.416 e. The summed E-state index contributed by atoms with van der Waals surface area (Å²) in [6.45, 7) is 1.78. The van der Waals surface area contributed by atoms with Gasteiger partial charge in [-0.25, -0.2) is 0 Å². The highest BCUT2D eigenvalue weighted by Crippen LogP contribution is 2.29. The fourth-order valence-electron chi connectivity index (χ4n) is 3.68. The van der Waals surface area contributed by atoms with Crippen LogP contribution in [0.15, 0.2) is 52.1 Å². The van der Waals surface area contributed by atoms with Crippen LogP contribution in [0.3, 0.4) is 0 Å². The van der Waals surface area contributed by atoms with E-state index in [9.17, 15) is 27.6 Å². The van der Waals surface area contributed by atoms with Crippen molar-refractivity contribution in [3.05, 3.63) is 79.9 Å². The van der Waals surface area contributed by atoms with Crippen molar-refractivity contribution >= 4 is 16.9 Å². The average Bonchev–Trinajstić information content (AvgIpc) is 3.15. The number of rotatable bonds is 4. The number of hydrogen-bond acceptors (Lipinski definition) is 4. The first-order valence-electron chi connectivity index (χ1n) is 9.65. The number of aromatic nitrogens is 2. The summed E-state index contributed by atoms with van der Waals surface area (Å²) in [6, 6.07) is 9.57. The van der Waals surface area contributed by atoms with E-state index in [1.165, 1.54) is 18.2 Å². The van der Waals surface area contributed by atoms with Crippen molar-refractivity contribution in [1.29, 1.82) is 0 Å². The smallest absolute Gasteiger partial charge is 0.348 e. The van der Waals surface area contributed by atoms with Crippen molar-refractivity contribution in [3.63, 3.8) is 0 Å². The maximum atomic E-state index is 12.7. The summed E-state index contributed by atoms with van der Waals surface area (Å²) in [4.78, 5) is 42.4. The second kappa shape index (κ2) is 8.03. The van der Waals surface area contributed by atoms with Crippen molar-refractivity contribution in [2.75, 3.05) is 13.1 Å². The lowest BCUT2D eigenvalue weighted by atomic mass is 10.1. The van der Waals surface area contributed by atoms with Crippen LogP contribution in [0.4, 0.5) is 13.2 Å². The Morgan fingerprint density at radius 3 is 2.39 bits per heavy atom. The van der Waals surface area contributed by atoms with E-state index in [0.29, 0.717) is 42.7 Å². The molecule has 7 nitrogen and oxygen atoms in total. The van der Waals surface area contributed by atoms with E-state index in [-0.39, 0.29) is 11.9 Å². The molecule has 0 bridgehead atoms. The van der Waals surface area contributed by atoms with Crippen molar-refractivity contribution in [2.24, 2.45) is 0 Å². The van der Waals surface area contributed by atoms with Gasteiger partial charge < -0.3 is 15.3 Å². The Morgan fingerprint density at radius 2 is 1.71 bits per heavy atom. The minimum atomic E-state index is -4.35.